The fourth-order valence-corrected chi connectivity index (χ4v) is 5.72. The van der Waals surface area contributed by atoms with Crippen LogP contribution < -0.4 is 4.90 Å². The number of benzene rings is 2. The Morgan fingerprint density at radius 3 is 2.27 bits per heavy atom. The summed E-state index contributed by atoms with van der Waals surface area (Å²) in [5, 5.41) is 1.85. The zero-order chi connectivity index (χ0) is 28.1. The molecule has 9 heteroatoms. The van der Waals surface area contributed by atoms with E-state index in [1.807, 2.05) is 40.4 Å². The van der Waals surface area contributed by atoms with Gasteiger partial charge in [-0.15, -0.1) is 0 Å². The minimum Gasteiger partial charge on any atom is -0.369 e. The Morgan fingerprint density at radius 1 is 0.775 bits per heavy atom. The number of anilines is 1. The van der Waals surface area contributed by atoms with Crippen LogP contribution >= 0.6 is 0 Å². The summed E-state index contributed by atoms with van der Waals surface area (Å²) in [6.07, 6.45) is 5.81. The maximum Gasteiger partial charge on any atom is 0.416 e. The normalized spacial score (nSPS) is 17.0. The van der Waals surface area contributed by atoms with Crippen LogP contribution in [0.15, 0.2) is 54.9 Å². The van der Waals surface area contributed by atoms with Gasteiger partial charge in [0.25, 0.3) is 5.91 Å². The Balaban J connectivity index is 1.03. The van der Waals surface area contributed by atoms with Gasteiger partial charge in [-0.25, -0.2) is 0 Å². The molecule has 2 fully saturated rings. The zero-order valence-corrected chi connectivity index (χ0v) is 22.8. The quantitative estimate of drug-likeness (QED) is 0.306. The van der Waals surface area contributed by atoms with Crippen LogP contribution in [0.3, 0.4) is 0 Å². The van der Waals surface area contributed by atoms with Crippen molar-refractivity contribution in [1.29, 1.82) is 0 Å². The fraction of sp³-hybridized carbons (Fsp3) is 0.484. The van der Waals surface area contributed by atoms with Crippen molar-refractivity contribution in [2.45, 2.75) is 51.1 Å². The minimum atomic E-state index is -4.33. The van der Waals surface area contributed by atoms with Crippen molar-refractivity contribution >= 4 is 28.3 Å². The number of amides is 1. The van der Waals surface area contributed by atoms with E-state index >= 15 is 0 Å². The standard InChI is InChI=1S/C31H37F3N4O2/c32-31(33,34)27-8-7-9-28(21-27)36-18-16-35(17-19-36)13-4-1-3-10-29(39)38-22-25-12-11-24(20-26(25)23-38)30(40)37-14-5-2-6-15-37/h7-9,11-12,20-23H,1-6,10,13-19H2. The highest BCUT2D eigenvalue weighted by molar-refractivity contribution is 5.99. The number of piperidine rings is 1. The lowest BCUT2D eigenvalue weighted by Crippen LogP contribution is -2.46. The van der Waals surface area contributed by atoms with E-state index < -0.39 is 11.7 Å². The highest BCUT2D eigenvalue weighted by atomic mass is 19.4. The monoisotopic (exact) mass is 554 g/mol. The number of rotatable bonds is 8. The Bertz CT molecular complexity index is 1320. The molecule has 40 heavy (non-hydrogen) atoms. The summed E-state index contributed by atoms with van der Waals surface area (Å²) < 4.78 is 40.7. The van der Waals surface area contributed by atoms with Crippen molar-refractivity contribution in [3.8, 4) is 0 Å². The third kappa shape index (κ3) is 6.86. The van der Waals surface area contributed by atoms with Gasteiger partial charge in [-0.1, -0.05) is 18.6 Å². The van der Waals surface area contributed by atoms with Gasteiger partial charge in [0.1, 0.15) is 0 Å². The Morgan fingerprint density at radius 2 is 1.52 bits per heavy atom. The van der Waals surface area contributed by atoms with Crippen LogP contribution in [0.1, 0.15) is 65.7 Å². The van der Waals surface area contributed by atoms with Crippen molar-refractivity contribution in [3.63, 3.8) is 0 Å². The molecule has 0 saturated carbocycles. The number of hydrogen-bond acceptors (Lipinski definition) is 4. The smallest absolute Gasteiger partial charge is 0.369 e. The van der Waals surface area contributed by atoms with E-state index in [1.165, 1.54) is 18.6 Å². The molecule has 2 aliphatic heterocycles. The topological polar surface area (TPSA) is 48.8 Å². The Kier molecular flexibility index (Phi) is 8.78. The molecule has 2 aromatic carbocycles. The Hall–Kier alpha value is -3.33. The minimum absolute atomic E-state index is 0.0507. The average Bonchev–Trinajstić information content (AvgIpc) is 3.41. The van der Waals surface area contributed by atoms with Crippen LogP contribution in [0, 0.1) is 0 Å². The van der Waals surface area contributed by atoms with Gasteiger partial charge < -0.3 is 9.80 Å². The molecule has 0 atom stereocenters. The maximum atomic E-state index is 13.0. The molecule has 1 amide bonds. The second-order valence-corrected chi connectivity index (χ2v) is 10.9. The molecule has 2 aliphatic rings. The highest BCUT2D eigenvalue weighted by Crippen LogP contribution is 2.32. The van der Waals surface area contributed by atoms with Gasteiger partial charge in [-0.2, -0.15) is 13.2 Å². The SMILES string of the molecule is O=C(c1ccc2cn(C(=O)CCCCCN3CCN(c4cccc(C(F)(F)F)c4)CC3)cc2c1)N1CCCCC1. The van der Waals surface area contributed by atoms with Crippen LogP contribution in [0.2, 0.25) is 0 Å². The number of halogens is 3. The Labute approximate surface area is 233 Å². The number of aromatic nitrogens is 1. The maximum absolute atomic E-state index is 13.0. The lowest BCUT2D eigenvalue weighted by Gasteiger charge is -2.36. The first-order valence-corrected chi connectivity index (χ1v) is 14.4. The van der Waals surface area contributed by atoms with Crippen LogP contribution in [-0.4, -0.2) is 72.0 Å². The van der Waals surface area contributed by atoms with Crippen LogP contribution in [0.4, 0.5) is 18.9 Å². The second kappa shape index (κ2) is 12.5. The number of carbonyl (C=O) groups excluding carboxylic acids is 2. The van der Waals surface area contributed by atoms with Crippen molar-refractivity contribution in [3.05, 3.63) is 66.0 Å². The van der Waals surface area contributed by atoms with E-state index in [-0.39, 0.29) is 11.8 Å². The summed E-state index contributed by atoms with van der Waals surface area (Å²) in [6.45, 7) is 5.57. The lowest BCUT2D eigenvalue weighted by atomic mass is 10.1. The number of unbranched alkanes of at least 4 members (excludes halogenated alkanes) is 2. The molecule has 0 unspecified atom stereocenters. The molecule has 6 nitrogen and oxygen atoms in total. The van der Waals surface area contributed by atoms with E-state index in [4.69, 9.17) is 0 Å². The van der Waals surface area contributed by atoms with Crippen molar-refractivity contribution in [1.82, 2.24) is 14.4 Å². The van der Waals surface area contributed by atoms with Gasteiger partial charge in [-0.05, 0) is 74.4 Å². The zero-order valence-electron chi connectivity index (χ0n) is 22.8. The summed E-state index contributed by atoms with van der Waals surface area (Å²) in [7, 11) is 0. The van der Waals surface area contributed by atoms with Crippen molar-refractivity contribution in [2.24, 2.45) is 0 Å². The number of likely N-dealkylation sites (tertiary alicyclic amines) is 1. The molecule has 214 valence electrons. The first kappa shape index (κ1) is 28.2. The molecule has 0 spiro atoms. The molecular weight excluding hydrogens is 517 g/mol. The lowest BCUT2D eigenvalue weighted by molar-refractivity contribution is -0.137. The van der Waals surface area contributed by atoms with E-state index in [9.17, 15) is 22.8 Å². The predicted octanol–water partition coefficient (Wildman–Crippen LogP) is 6.31. The third-order valence-corrected chi connectivity index (χ3v) is 8.10. The first-order chi connectivity index (χ1) is 19.3. The summed E-state index contributed by atoms with van der Waals surface area (Å²) in [4.78, 5) is 31.9. The number of alkyl halides is 3. The second-order valence-electron chi connectivity index (χ2n) is 10.9. The molecule has 0 bridgehead atoms. The predicted molar refractivity (Wildman–Crippen MR) is 151 cm³/mol. The molecule has 0 radical (unpaired) electrons. The molecule has 3 heterocycles. The first-order valence-electron chi connectivity index (χ1n) is 14.4. The number of fused-ring (bicyclic) bond motifs is 1. The number of piperazine rings is 1. The number of hydrogen-bond donors (Lipinski definition) is 0. The largest absolute Gasteiger partial charge is 0.416 e. The highest BCUT2D eigenvalue weighted by Gasteiger charge is 2.31. The van der Waals surface area contributed by atoms with Gasteiger partial charge in [0.15, 0.2) is 0 Å². The number of carbonyl (C=O) groups is 2. The molecule has 1 aromatic heterocycles. The summed E-state index contributed by atoms with van der Waals surface area (Å²) >= 11 is 0. The summed E-state index contributed by atoms with van der Waals surface area (Å²) in [6, 6.07) is 11.2. The average molecular weight is 555 g/mol. The van der Waals surface area contributed by atoms with Gasteiger partial charge in [0, 0.05) is 74.7 Å². The van der Waals surface area contributed by atoms with Crippen LogP contribution in [-0.2, 0) is 6.18 Å². The summed E-state index contributed by atoms with van der Waals surface area (Å²) in [5.41, 5.74) is 0.688. The van der Waals surface area contributed by atoms with E-state index in [1.54, 1.807) is 10.6 Å². The third-order valence-electron chi connectivity index (χ3n) is 8.10. The van der Waals surface area contributed by atoms with Gasteiger partial charge >= 0.3 is 6.18 Å². The summed E-state index contributed by atoms with van der Waals surface area (Å²) in [5.74, 6) is 0.118. The van der Waals surface area contributed by atoms with Crippen LogP contribution in [0.5, 0.6) is 0 Å². The van der Waals surface area contributed by atoms with E-state index in [0.717, 1.165) is 81.7 Å². The van der Waals surface area contributed by atoms with Crippen molar-refractivity contribution in [2.75, 3.05) is 50.7 Å². The molecular formula is C31H37F3N4O2. The molecule has 3 aromatic rings. The van der Waals surface area contributed by atoms with Crippen LogP contribution in [0.25, 0.3) is 10.8 Å². The molecule has 0 N–H and O–H groups in total. The van der Waals surface area contributed by atoms with E-state index in [2.05, 4.69) is 4.90 Å². The molecule has 5 rings (SSSR count). The number of nitrogens with zero attached hydrogens (tertiary/aromatic N) is 4. The molecule has 0 aliphatic carbocycles. The van der Waals surface area contributed by atoms with Gasteiger partial charge in [0.05, 0.1) is 5.56 Å². The molecule has 2 saturated heterocycles. The van der Waals surface area contributed by atoms with E-state index in [0.29, 0.717) is 30.8 Å². The fourth-order valence-electron chi connectivity index (χ4n) is 5.72. The van der Waals surface area contributed by atoms with Gasteiger partial charge in [-0.3, -0.25) is 19.1 Å². The van der Waals surface area contributed by atoms with Crippen molar-refractivity contribution < 1.29 is 22.8 Å². The van der Waals surface area contributed by atoms with Gasteiger partial charge in [0.2, 0.25) is 5.91 Å².